The van der Waals surface area contributed by atoms with Crippen LogP contribution in [0, 0.1) is 11.3 Å². The lowest BCUT2D eigenvalue weighted by molar-refractivity contribution is -0.121. The van der Waals surface area contributed by atoms with Gasteiger partial charge in [0.15, 0.2) is 0 Å². The van der Waals surface area contributed by atoms with Gasteiger partial charge in [0.2, 0.25) is 5.91 Å². The Bertz CT molecular complexity index is 744. The highest BCUT2D eigenvalue weighted by Crippen LogP contribution is 2.10. The first kappa shape index (κ1) is 13.5. The number of nitrogens with zero attached hydrogens (tertiary/aromatic N) is 3. The molecule has 0 saturated carbocycles. The first-order chi connectivity index (χ1) is 9.61. The Balaban J connectivity index is 2.23. The van der Waals surface area contributed by atoms with E-state index in [0.29, 0.717) is 16.6 Å². The second kappa shape index (κ2) is 5.84. The van der Waals surface area contributed by atoms with Gasteiger partial charge in [0.1, 0.15) is 6.54 Å². The van der Waals surface area contributed by atoms with E-state index in [-0.39, 0.29) is 31.0 Å². The SMILES string of the molecule is N#CCCNC(=O)Cn1cnc2ccc(N)cc2c1=O. The molecular formula is C13H13N5O2. The van der Waals surface area contributed by atoms with Crippen LogP contribution in [0.5, 0.6) is 0 Å². The molecule has 0 fully saturated rings. The molecule has 0 bridgehead atoms. The molecule has 0 aliphatic heterocycles. The lowest BCUT2D eigenvalue weighted by Gasteiger charge is -2.07. The number of nitrogen functional groups attached to an aromatic ring is 1. The molecule has 0 spiro atoms. The molecule has 1 amide bonds. The zero-order valence-electron chi connectivity index (χ0n) is 10.7. The minimum Gasteiger partial charge on any atom is -0.399 e. The number of nitrogens with one attached hydrogen (secondary N) is 1. The van der Waals surface area contributed by atoms with Gasteiger partial charge in [0.05, 0.1) is 29.7 Å². The predicted octanol–water partition coefficient (Wildman–Crippen LogP) is 0.00858. The van der Waals surface area contributed by atoms with Gasteiger partial charge in [-0.1, -0.05) is 0 Å². The minimum absolute atomic E-state index is 0.137. The summed E-state index contributed by atoms with van der Waals surface area (Å²) in [7, 11) is 0. The zero-order valence-corrected chi connectivity index (χ0v) is 10.7. The van der Waals surface area contributed by atoms with E-state index in [9.17, 15) is 9.59 Å². The third-order valence-electron chi connectivity index (χ3n) is 2.72. The van der Waals surface area contributed by atoms with Crippen molar-refractivity contribution in [3.63, 3.8) is 0 Å². The van der Waals surface area contributed by atoms with Crippen LogP contribution in [0.25, 0.3) is 10.9 Å². The Morgan fingerprint density at radius 2 is 2.30 bits per heavy atom. The van der Waals surface area contributed by atoms with E-state index in [0.717, 1.165) is 0 Å². The van der Waals surface area contributed by atoms with Crippen LogP contribution >= 0.6 is 0 Å². The van der Waals surface area contributed by atoms with Crippen molar-refractivity contribution in [3.8, 4) is 6.07 Å². The van der Waals surface area contributed by atoms with Crippen molar-refractivity contribution in [2.75, 3.05) is 12.3 Å². The van der Waals surface area contributed by atoms with Crippen LogP contribution in [0.4, 0.5) is 5.69 Å². The minimum atomic E-state index is -0.340. The molecule has 20 heavy (non-hydrogen) atoms. The van der Waals surface area contributed by atoms with E-state index in [4.69, 9.17) is 11.0 Å². The Morgan fingerprint density at radius 3 is 3.05 bits per heavy atom. The molecular weight excluding hydrogens is 258 g/mol. The van der Waals surface area contributed by atoms with Crippen molar-refractivity contribution < 1.29 is 4.79 Å². The average Bonchev–Trinajstić information content (AvgIpc) is 2.43. The molecule has 0 atom stereocenters. The molecule has 1 heterocycles. The van der Waals surface area contributed by atoms with Gasteiger partial charge in [-0.2, -0.15) is 5.26 Å². The van der Waals surface area contributed by atoms with Gasteiger partial charge in [0.25, 0.3) is 5.56 Å². The van der Waals surface area contributed by atoms with Crippen LogP contribution in [0.2, 0.25) is 0 Å². The number of nitriles is 1. The normalized spacial score (nSPS) is 10.2. The Kier molecular flexibility index (Phi) is 3.96. The Hall–Kier alpha value is -2.88. The van der Waals surface area contributed by atoms with Gasteiger partial charge < -0.3 is 11.1 Å². The van der Waals surface area contributed by atoms with Crippen molar-refractivity contribution in [1.82, 2.24) is 14.9 Å². The quantitative estimate of drug-likeness (QED) is 0.600. The summed E-state index contributed by atoms with van der Waals surface area (Å²) in [5.74, 6) is -0.340. The molecule has 1 aromatic heterocycles. The number of nitrogens with two attached hydrogens (primary N) is 1. The summed E-state index contributed by atoms with van der Waals surface area (Å²) in [6.07, 6.45) is 1.55. The Labute approximate surface area is 114 Å². The summed E-state index contributed by atoms with van der Waals surface area (Å²) in [5, 5.41) is 11.3. The molecule has 2 aromatic rings. The summed E-state index contributed by atoms with van der Waals surface area (Å²) in [4.78, 5) is 27.9. The zero-order chi connectivity index (χ0) is 14.5. The lowest BCUT2D eigenvalue weighted by atomic mass is 10.2. The molecule has 0 aliphatic rings. The topological polar surface area (TPSA) is 114 Å². The maximum atomic E-state index is 12.2. The number of rotatable bonds is 4. The number of fused-ring (bicyclic) bond motifs is 1. The lowest BCUT2D eigenvalue weighted by Crippen LogP contribution is -2.32. The van der Waals surface area contributed by atoms with Gasteiger partial charge in [-0.05, 0) is 18.2 Å². The third-order valence-corrected chi connectivity index (χ3v) is 2.72. The summed E-state index contributed by atoms with van der Waals surface area (Å²) >= 11 is 0. The largest absolute Gasteiger partial charge is 0.399 e. The molecule has 0 aliphatic carbocycles. The van der Waals surface area contributed by atoms with Gasteiger partial charge >= 0.3 is 0 Å². The standard InChI is InChI=1S/C13H13N5O2/c14-4-1-5-16-12(19)7-18-8-17-11-3-2-9(15)6-10(11)13(18)20/h2-3,6,8H,1,5,7,15H2,(H,16,19). The van der Waals surface area contributed by atoms with E-state index >= 15 is 0 Å². The van der Waals surface area contributed by atoms with Gasteiger partial charge in [0, 0.05) is 12.2 Å². The third kappa shape index (κ3) is 2.92. The van der Waals surface area contributed by atoms with Crippen LogP contribution < -0.4 is 16.6 Å². The van der Waals surface area contributed by atoms with Crippen molar-refractivity contribution >= 4 is 22.5 Å². The predicted molar refractivity (Wildman–Crippen MR) is 73.7 cm³/mol. The first-order valence-electron chi connectivity index (χ1n) is 6.00. The van der Waals surface area contributed by atoms with Crippen LogP contribution in [-0.2, 0) is 11.3 Å². The van der Waals surface area contributed by atoms with Crippen LogP contribution in [0.15, 0.2) is 29.3 Å². The van der Waals surface area contributed by atoms with Crippen molar-refractivity contribution in [2.24, 2.45) is 0 Å². The highest BCUT2D eigenvalue weighted by Gasteiger charge is 2.08. The summed E-state index contributed by atoms with van der Waals surface area (Å²) < 4.78 is 1.21. The number of carbonyl (C=O) groups excluding carboxylic acids is 1. The van der Waals surface area contributed by atoms with E-state index in [1.54, 1.807) is 12.1 Å². The number of hydrogen-bond donors (Lipinski definition) is 2. The maximum Gasteiger partial charge on any atom is 0.261 e. The maximum absolute atomic E-state index is 12.2. The fourth-order valence-corrected chi connectivity index (χ4v) is 1.76. The summed E-state index contributed by atoms with van der Waals surface area (Å²) in [5.41, 5.74) is 6.32. The molecule has 102 valence electrons. The number of amides is 1. The van der Waals surface area contributed by atoms with Crippen LogP contribution in [-0.4, -0.2) is 22.0 Å². The molecule has 7 heteroatoms. The smallest absolute Gasteiger partial charge is 0.261 e. The molecule has 0 radical (unpaired) electrons. The molecule has 0 unspecified atom stereocenters. The average molecular weight is 271 g/mol. The Morgan fingerprint density at radius 1 is 1.50 bits per heavy atom. The van der Waals surface area contributed by atoms with E-state index < -0.39 is 0 Å². The molecule has 7 nitrogen and oxygen atoms in total. The fraction of sp³-hybridized carbons (Fsp3) is 0.231. The van der Waals surface area contributed by atoms with E-state index in [1.807, 2.05) is 6.07 Å². The van der Waals surface area contributed by atoms with Crippen molar-refractivity contribution in [2.45, 2.75) is 13.0 Å². The number of hydrogen-bond acceptors (Lipinski definition) is 5. The first-order valence-corrected chi connectivity index (χ1v) is 6.00. The molecule has 2 rings (SSSR count). The highest BCUT2D eigenvalue weighted by molar-refractivity contribution is 5.81. The number of benzene rings is 1. The number of anilines is 1. The van der Waals surface area contributed by atoms with Gasteiger partial charge in [-0.3, -0.25) is 14.2 Å². The van der Waals surface area contributed by atoms with Gasteiger partial charge in [-0.15, -0.1) is 0 Å². The van der Waals surface area contributed by atoms with Crippen molar-refractivity contribution in [3.05, 3.63) is 34.9 Å². The van der Waals surface area contributed by atoms with E-state index in [1.165, 1.54) is 17.0 Å². The molecule has 1 aromatic carbocycles. The monoisotopic (exact) mass is 271 g/mol. The van der Waals surface area contributed by atoms with Crippen LogP contribution in [0.1, 0.15) is 6.42 Å². The molecule has 3 N–H and O–H groups in total. The molecule has 0 saturated heterocycles. The second-order valence-corrected chi connectivity index (χ2v) is 4.21. The highest BCUT2D eigenvalue weighted by atomic mass is 16.2. The van der Waals surface area contributed by atoms with Gasteiger partial charge in [-0.25, -0.2) is 4.98 Å². The fourth-order valence-electron chi connectivity index (χ4n) is 1.76. The van der Waals surface area contributed by atoms with E-state index in [2.05, 4.69) is 10.3 Å². The van der Waals surface area contributed by atoms with Crippen LogP contribution in [0.3, 0.4) is 0 Å². The number of aromatic nitrogens is 2. The number of carbonyl (C=O) groups is 1. The summed E-state index contributed by atoms with van der Waals surface area (Å²) in [6.45, 7) is 0.125. The second-order valence-electron chi connectivity index (χ2n) is 4.21. The summed E-state index contributed by atoms with van der Waals surface area (Å²) in [6, 6.07) is 6.77. The van der Waals surface area contributed by atoms with Crippen molar-refractivity contribution in [1.29, 1.82) is 5.26 Å².